The van der Waals surface area contributed by atoms with E-state index < -0.39 is 0 Å². The second-order valence-electron chi connectivity index (χ2n) is 5.18. The van der Waals surface area contributed by atoms with Crippen molar-refractivity contribution in [1.29, 1.82) is 0 Å². The zero-order valence-corrected chi connectivity index (χ0v) is 11.8. The summed E-state index contributed by atoms with van der Waals surface area (Å²) in [5.41, 5.74) is 2.17. The maximum Gasteiger partial charge on any atom is 0.161 e. The van der Waals surface area contributed by atoms with E-state index in [2.05, 4.69) is 12.2 Å². The van der Waals surface area contributed by atoms with Gasteiger partial charge < -0.3 is 19.2 Å². The smallest absolute Gasteiger partial charge is 0.161 e. The minimum atomic E-state index is 0.402. The zero-order valence-electron chi connectivity index (χ0n) is 11.8. The SMILES string of the molecule is CNCc1occc1-c1ccc2c(c1)OCC(C)CO2. The lowest BCUT2D eigenvalue weighted by Crippen LogP contribution is -2.12. The summed E-state index contributed by atoms with van der Waals surface area (Å²) in [6, 6.07) is 8.02. The van der Waals surface area contributed by atoms with Crippen molar-refractivity contribution in [1.82, 2.24) is 5.32 Å². The Kier molecular flexibility index (Phi) is 3.65. The lowest BCUT2D eigenvalue weighted by Gasteiger charge is -2.09. The number of hydrogen-bond donors (Lipinski definition) is 1. The van der Waals surface area contributed by atoms with Crippen LogP contribution in [0.5, 0.6) is 11.5 Å². The molecule has 2 heterocycles. The van der Waals surface area contributed by atoms with Crippen LogP contribution in [0.25, 0.3) is 11.1 Å². The van der Waals surface area contributed by atoms with Gasteiger partial charge in [-0.3, -0.25) is 0 Å². The Morgan fingerprint density at radius 1 is 1.15 bits per heavy atom. The van der Waals surface area contributed by atoms with E-state index >= 15 is 0 Å². The van der Waals surface area contributed by atoms with Gasteiger partial charge in [0.2, 0.25) is 0 Å². The molecule has 0 aliphatic carbocycles. The van der Waals surface area contributed by atoms with Crippen LogP contribution < -0.4 is 14.8 Å². The van der Waals surface area contributed by atoms with Crippen LogP contribution in [0.4, 0.5) is 0 Å². The fourth-order valence-corrected chi connectivity index (χ4v) is 2.32. The Bertz CT molecular complexity index is 591. The van der Waals surface area contributed by atoms with Crippen LogP contribution in [0.3, 0.4) is 0 Å². The summed E-state index contributed by atoms with van der Waals surface area (Å²) in [5, 5.41) is 3.11. The number of ether oxygens (including phenoxy) is 2. The van der Waals surface area contributed by atoms with Crippen LogP contribution in [0.2, 0.25) is 0 Å². The molecule has 0 bridgehead atoms. The first-order chi connectivity index (χ1) is 9.78. The van der Waals surface area contributed by atoms with Gasteiger partial charge in [-0.15, -0.1) is 0 Å². The molecule has 2 aromatic rings. The van der Waals surface area contributed by atoms with Gasteiger partial charge in [0, 0.05) is 11.5 Å². The van der Waals surface area contributed by atoms with E-state index in [4.69, 9.17) is 13.9 Å². The van der Waals surface area contributed by atoms with Gasteiger partial charge in [-0.2, -0.15) is 0 Å². The van der Waals surface area contributed by atoms with Crippen LogP contribution in [0.15, 0.2) is 34.9 Å². The molecule has 20 heavy (non-hydrogen) atoms. The lowest BCUT2D eigenvalue weighted by molar-refractivity contribution is 0.228. The van der Waals surface area contributed by atoms with Crippen LogP contribution in [0.1, 0.15) is 12.7 Å². The third kappa shape index (κ3) is 2.51. The molecule has 1 aromatic heterocycles. The first-order valence-electron chi connectivity index (χ1n) is 6.89. The summed E-state index contributed by atoms with van der Waals surface area (Å²) in [7, 11) is 1.90. The minimum absolute atomic E-state index is 0.402. The Morgan fingerprint density at radius 3 is 2.75 bits per heavy atom. The highest BCUT2D eigenvalue weighted by molar-refractivity contribution is 5.68. The molecule has 106 valence electrons. The molecule has 1 aliphatic heterocycles. The van der Waals surface area contributed by atoms with Crippen LogP contribution >= 0.6 is 0 Å². The van der Waals surface area contributed by atoms with Crippen LogP contribution in [0, 0.1) is 5.92 Å². The maximum absolute atomic E-state index is 5.83. The van der Waals surface area contributed by atoms with E-state index in [0.717, 1.165) is 28.4 Å². The fraction of sp³-hybridized carbons (Fsp3) is 0.375. The van der Waals surface area contributed by atoms with Gasteiger partial charge >= 0.3 is 0 Å². The molecule has 0 saturated carbocycles. The number of fused-ring (bicyclic) bond motifs is 1. The van der Waals surface area contributed by atoms with Crippen molar-refractivity contribution in [2.45, 2.75) is 13.5 Å². The molecule has 0 fully saturated rings. The topological polar surface area (TPSA) is 43.6 Å². The predicted molar refractivity (Wildman–Crippen MR) is 77.1 cm³/mol. The quantitative estimate of drug-likeness (QED) is 0.933. The Hall–Kier alpha value is -1.94. The monoisotopic (exact) mass is 273 g/mol. The molecule has 3 rings (SSSR count). The molecule has 1 N–H and O–H groups in total. The molecular weight excluding hydrogens is 254 g/mol. The lowest BCUT2D eigenvalue weighted by atomic mass is 10.1. The molecule has 1 atom stereocenters. The van der Waals surface area contributed by atoms with E-state index in [-0.39, 0.29) is 0 Å². The highest BCUT2D eigenvalue weighted by atomic mass is 16.5. The Morgan fingerprint density at radius 2 is 1.95 bits per heavy atom. The standard InChI is InChI=1S/C16H19NO3/c1-11-9-19-14-4-3-12(7-15(14)20-10-11)13-5-6-18-16(13)8-17-2/h3-7,11,17H,8-10H2,1-2H3. The van der Waals surface area contributed by atoms with E-state index in [9.17, 15) is 0 Å². The van der Waals surface area contributed by atoms with Crippen molar-refractivity contribution in [2.75, 3.05) is 20.3 Å². The molecule has 0 spiro atoms. The molecule has 4 nitrogen and oxygen atoms in total. The van der Waals surface area contributed by atoms with E-state index in [1.54, 1.807) is 6.26 Å². The van der Waals surface area contributed by atoms with Crippen molar-refractivity contribution in [3.05, 3.63) is 36.3 Å². The Balaban J connectivity index is 1.94. The van der Waals surface area contributed by atoms with Gasteiger partial charge in [0.15, 0.2) is 11.5 Å². The number of rotatable bonds is 3. The van der Waals surface area contributed by atoms with E-state index in [1.807, 2.05) is 31.3 Å². The molecule has 1 aromatic carbocycles. The highest BCUT2D eigenvalue weighted by Gasteiger charge is 2.17. The van der Waals surface area contributed by atoms with Crippen molar-refractivity contribution in [2.24, 2.45) is 5.92 Å². The molecule has 4 heteroatoms. The van der Waals surface area contributed by atoms with Crippen molar-refractivity contribution < 1.29 is 13.9 Å². The summed E-state index contributed by atoms with van der Waals surface area (Å²) >= 11 is 0. The van der Waals surface area contributed by atoms with Crippen molar-refractivity contribution >= 4 is 0 Å². The highest BCUT2D eigenvalue weighted by Crippen LogP contribution is 2.36. The molecular formula is C16H19NO3. The summed E-state index contributed by atoms with van der Waals surface area (Å²) in [5.74, 6) is 2.95. The maximum atomic E-state index is 5.83. The van der Waals surface area contributed by atoms with Crippen LogP contribution in [-0.4, -0.2) is 20.3 Å². The van der Waals surface area contributed by atoms with Crippen molar-refractivity contribution in [3.8, 4) is 22.6 Å². The average molecular weight is 273 g/mol. The zero-order chi connectivity index (χ0) is 13.9. The predicted octanol–water partition coefficient (Wildman–Crippen LogP) is 3.07. The molecule has 1 unspecified atom stereocenters. The van der Waals surface area contributed by atoms with Gasteiger partial charge in [-0.1, -0.05) is 13.0 Å². The number of benzene rings is 1. The summed E-state index contributed by atoms with van der Waals surface area (Å²) in [6.07, 6.45) is 1.72. The van der Waals surface area contributed by atoms with Crippen LogP contribution in [-0.2, 0) is 6.54 Å². The fourth-order valence-electron chi connectivity index (χ4n) is 2.32. The van der Waals surface area contributed by atoms with E-state index in [0.29, 0.717) is 25.7 Å². The van der Waals surface area contributed by atoms with Gasteiger partial charge in [0.1, 0.15) is 5.76 Å². The number of nitrogens with one attached hydrogen (secondary N) is 1. The van der Waals surface area contributed by atoms with Gasteiger partial charge in [-0.05, 0) is 30.8 Å². The van der Waals surface area contributed by atoms with Crippen molar-refractivity contribution in [3.63, 3.8) is 0 Å². The van der Waals surface area contributed by atoms with E-state index in [1.165, 1.54) is 0 Å². The van der Waals surface area contributed by atoms with Gasteiger partial charge in [0.25, 0.3) is 0 Å². The summed E-state index contributed by atoms with van der Waals surface area (Å²) in [4.78, 5) is 0. The van der Waals surface area contributed by atoms with Gasteiger partial charge in [-0.25, -0.2) is 0 Å². The Labute approximate surface area is 118 Å². The normalized spacial score (nSPS) is 17.8. The molecule has 0 amide bonds. The third-order valence-corrected chi connectivity index (χ3v) is 3.38. The summed E-state index contributed by atoms with van der Waals surface area (Å²) in [6.45, 7) is 4.20. The minimum Gasteiger partial charge on any atom is -0.489 e. The largest absolute Gasteiger partial charge is 0.489 e. The molecule has 0 saturated heterocycles. The average Bonchev–Trinajstić information content (AvgIpc) is 2.83. The van der Waals surface area contributed by atoms with Gasteiger partial charge in [0.05, 0.1) is 26.0 Å². The number of hydrogen-bond acceptors (Lipinski definition) is 4. The second kappa shape index (κ2) is 5.59. The molecule has 0 radical (unpaired) electrons. The third-order valence-electron chi connectivity index (χ3n) is 3.38. The summed E-state index contributed by atoms with van der Waals surface area (Å²) < 4.78 is 17.1. The first kappa shape index (κ1) is 13.1. The second-order valence-corrected chi connectivity index (χ2v) is 5.18. The number of furan rings is 1. The molecule has 1 aliphatic rings. The first-order valence-corrected chi connectivity index (χ1v) is 6.89.